The lowest BCUT2D eigenvalue weighted by molar-refractivity contribution is 0.188. The van der Waals surface area contributed by atoms with Crippen LogP contribution in [0.1, 0.15) is 5.69 Å². The maximum absolute atomic E-state index is 11.7. The van der Waals surface area contributed by atoms with Gasteiger partial charge in [0.2, 0.25) is 0 Å². The Bertz CT molecular complexity index is 676. The van der Waals surface area contributed by atoms with Gasteiger partial charge in [0.15, 0.2) is 0 Å². The van der Waals surface area contributed by atoms with Gasteiger partial charge in [0.25, 0.3) is 9.05 Å². The lowest BCUT2D eigenvalue weighted by Gasteiger charge is -2.07. The molecule has 1 aromatic heterocycles. The number of aromatic nitrogens is 1. The van der Waals surface area contributed by atoms with Crippen molar-refractivity contribution in [3.05, 3.63) is 30.0 Å². The third-order valence-corrected chi connectivity index (χ3v) is 4.40. The molecule has 0 bridgehead atoms. The van der Waals surface area contributed by atoms with Crippen molar-refractivity contribution >= 4 is 30.6 Å². The lowest BCUT2D eigenvalue weighted by atomic mass is 10.2. The molecule has 6 heteroatoms. The molecule has 0 radical (unpaired) electrons. The molecule has 0 amide bonds. The van der Waals surface area contributed by atoms with Crippen molar-refractivity contribution in [2.75, 3.05) is 13.7 Å². The van der Waals surface area contributed by atoms with Crippen LogP contribution in [0, 0.1) is 6.92 Å². The Kier molecular flexibility index (Phi) is 3.66. The molecule has 2 aromatic rings. The molecule has 0 aliphatic carbocycles. The first-order valence-electron chi connectivity index (χ1n) is 5.48. The van der Waals surface area contributed by atoms with E-state index in [2.05, 4.69) is 0 Å². The fourth-order valence-corrected chi connectivity index (χ4v) is 3.66. The molecule has 0 unspecified atom stereocenters. The molecule has 0 N–H and O–H groups in total. The Labute approximate surface area is 111 Å². The Morgan fingerprint density at radius 1 is 1.33 bits per heavy atom. The average Bonchev–Trinajstić information content (AvgIpc) is 2.58. The van der Waals surface area contributed by atoms with Crippen LogP contribution in [-0.2, 0) is 20.3 Å². The van der Waals surface area contributed by atoms with Crippen molar-refractivity contribution in [1.82, 2.24) is 4.57 Å². The summed E-state index contributed by atoms with van der Waals surface area (Å²) >= 11 is 0. The summed E-state index contributed by atoms with van der Waals surface area (Å²) in [5, 5.41) is 0.654. The molecular weight excluding hydrogens is 274 g/mol. The summed E-state index contributed by atoms with van der Waals surface area (Å²) in [6.07, 6.45) is 0. The number of nitrogens with zero attached hydrogens (tertiary/aromatic N) is 1. The van der Waals surface area contributed by atoms with Crippen molar-refractivity contribution in [2.45, 2.75) is 18.4 Å². The van der Waals surface area contributed by atoms with Gasteiger partial charge in [-0.3, -0.25) is 0 Å². The SMILES string of the molecule is COCCn1c(C)c(S(=O)(=O)Cl)c2ccccc21. The largest absolute Gasteiger partial charge is 0.383 e. The molecule has 0 atom stereocenters. The number of hydrogen-bond acceptors (Lipinski definition) is 3. The topological polar surface area (TPSA) is 48.3 Å². The van der Waals surface area contributed by atoms with Crippen LogP contribution in [0.25, 0.3) is 10.9 Å². The van der Waals surface area contributed by atoms with Crippen LogP contribution in [0.3, 0.4) is 0 Å². The lowest BCUT2D eigenvalue weighted by Crippen LogP contribution is -2.06. The minimum atomic E-state index is -3.75. The van der Waals surface area contributed by atoms with Crippen molar-refractivity contribution < 1.29 is 13.2 Å². The minimum Gasteiger partial charge on any atom is -0.383 e. The van der Waals surface area contributed by atoms with E-state index < -0.39 is 9.05 Å². The van der Waals surface area contributed by atoms with Gasteiger partial charge in [0, 0.05) is 40.9 Å². The van der Waals surface area contributed by atoms with Gasteiger partial charge in [-0.1, -0.05) is 18.2 Å². The van der Waals surface area contributed by atoms with Gasteiger partial charge in [-0.15, -0.1) is 0 Å². The van der Waals surface area contributed by atoms with Crippen LogP contribution in [0.5, 0.6) is 0 Å². The molecule has 0 fully saturated rings. The third-order valence-electron chi connectivity index (χ3n) is 2.94. The van der Waals surface area contributed by atoms with Gasteiger partial charge in [-0.05, 0) is 13.0 Å². The summed E-state index contributed by atoms with van der Waals surface area (Å²) in [4.78, 5) is 0.191. The first-order valence-corrected chi connectivity index (χ1v) is 7.79. The van der Waals surface area contributed by atoms with Gasteiger partial charge < -0.3 is 9.30 Å². The molecule has 0 saturated heterocycles. The summed E-state index contributed by atoms with van der Waals surface area (Å²) in [5.41, 5.74) is 1.49. The average molecular weight is 288 g/mol. The highest BCUT2D eigenvalue weighted by atomic mass is 35.7. The van der Waals surface area contributed by atoms with Crippen LogP contribution >= 0.6 is 10.7 Å². The maximum atomic E-state index is 11.7. The number of ether oxygens (including phenoxy) is 1. The second-order valence-electron chi connectivity index (χ2n) is 4.01. The molecule has 1 aromatic carbocycles. The first kappa shape index (κ1) is 13.4. The van der Waals surface area contributed by atoms with Gasteiger partial charge in [-0.25, -0.2) is 8.42 Å². The summed E-state index contributed by atoms with van der Waals surface area (Å²) in [6, 6.07) is 7.31. The van der Waals surface area contributed by atoms with Crippen molar-refractivity contribution in [3.8, 4) is 0 Å². The minimum absolute atomic E-state index is 0.191. The fraction of sp³-hybridized carbons (Fsp3) is 0.333. The highest BCUT2D eigenvalue weighted by Gasteiger charge is 2.22. The second kappa shape index (κ2) is 4.91. The monoisotopic (exact) mass is 287 g/mol. The third kappa shape index (κ3) is 2.25. The van der Waals surface area contributed by atoms with E-state index in [9.17, 15) is 8.42 Å². The fourth-order valence-electron chi connectivity index (χ4n) is 2.18. The van der Waals surface area contributed by atoms with Gasteiger partial charge in [0.05, 0.1) is 6.61 Å². The maximum Gasteiger partial charge on any atom is 0.263 e. The second-order valence-corrected chi connectivity index (χ2v) is 6.52. The molecule has 0 saturated carbocycles. The molecule has 1 heterocycles. The quantitative estimate of drug-likeness (QED) is 0.812. The Balaban J connectivity index is 2.76. The number of benzene rings is 1. The first-order chi connectivity index (χ1) is 8.46. The number of halogens is 1. The molecule has 0 spiro atoms. The van der Waals surface area contributed by atoms with E-state index in [1.54, 1.807) is 26.2 Å². The molecular formula is C12H14ClNO3S. The number of rotatable bonds is 4. The summed E-state index contributed by atoms with van der Waals surface area (Å²) in [5.74, 6) is 0. The van der Waals surface area contributed by atoms with Crippen LogP contribution in [0.4, 0.5) is 0 Å². The van der Waals surface area contributed by atoms with Crippen LogP contribution < -0.4 is 0 Å². The number of hydrogen-bond donors (Lipinski definition) is 0. The van der Waals surface area contributed by atoms with Gasteiger partial charge in [-0.2, -0.15) is 0 Å². The van der Waals surface area contributed by atoms with E-state index in [-0.39, 0.29) is 4.90 Å². The van der Waals surface area contributed by atoms with E-state index in [4.69, 9.17) is 15.4 Å². The normalized spacial score (nSPS) is 12.2. The highest BCUT2D eigenvalue weighted by Crippen LogP contribution is 2.31. The van der Waals surface area contributed by atoms with Crippen LogP contribution in [0.2, 0.25) is 0 Å². The Morgan fingerprint density at radius 2 is 2.00 bits per heavy atom. The van der Waals surface area contributed by atoms with E-state index >= 15 is 0 Å². The smallest absolute Gasteiger partial charge is 0.263 e. The van der Waals surface area contributed by atoms with Crippen molar-refractivity contribution in [2.24, 2.45) is 0 Å². The predicted molar refractivity (Wildman–Crippen MR) is 71.6 cm³/mol. The molecule has 18 heavy (non-hydrogen) atoms. The molecule has 98 valence electrons. The van der Waals surface area contributed by atoms with E-state index in [0.717, 1.165) is 5.52 Å². The van der Waals surface area contributed by atoms with Gasteiger partial charge in [0.1, 0.15) is 4.90 Å². The summed E-state index contributed by atoms with van der Waals surface area (Å²) in [7, 11) is 3.38. The molecule has 0 aliphatic rings. The van der Waals surface area contributed by atoms with Crippen LogP contribution in [0.15, 0.2) is 29.2 Å². The Hall–Kier alpha value is -1.04. The Morgan fingerprint density at radius 3 is 2.61 bits per heavy atom. The van der Waals surface area contributed by atoms with E-state index in [1.165, 1.54) is 0 Å². The zero-order valence-corrected chi connectivity index (χ0v) is 11.8. The summed E-state index contributed by atoms with van der Waals surface area (Å²) in [6.45, 7) is 2.86. The molecule has 2 rings (SSSR count). The van der Waals surface area contributed by atoms with Gasteiger partial charge >= 0.3 is 0 Å². The number of para-hydroxylation sites is 1. The highest BCUT2D eigenvalue weighted by molar-refractivity contribution is 8.14. The predicted octanol–water partition coefficient (Wildman–Crippen LogP) is 2.52. The number of methoxy groups -OCH3 is 1. The van der Waals surface area contributed by atoms with Crippen molar-refractivity contribution in [1.29, 1.82) is 0 Å². The molecule has 0 aliphatic heterocycles. The zero-order chi connectivity index (χ0) is 13.3. The standard InChI is InChI=1S/C12H14ClNO3S/c1-9-12(18(13,15)16)10-5-3-4-6-11(10)14(9)7-8-17-2/h3-6H,7-8H2,1-2H3. The van der Waals surface area contributed by atoms with Crippen LogP contribution in [-0.4, -0.2) is 26.7 Å². The molecule has 4 nitrogen and oxygen atoms in total. The van der Waals surface area contributed by atoms with Crippen molar-refractivity contribution in [3.63, 3.8) is 0 Å². The zero-order valence-electron chi connectivity index (χ0n) is 10.2. The van der Waals surface area contributed by atoms with E-state index in [0.29, 0.717) is 24.2 Å². The number of fused-ring (bicyclic) bond motifs is 1. The van der Waals surface area contributed by atoms with E-state index in [1.807, 2.05) is 16.7 Å². The summed E-state index contributed by atoms with van der Waals surface area (Å²) < 4.78 is 30.3.